The Morgan fingerprint density at radius 1 is 1.07 bits per heavy atom. The largest absolute Gasteiger partial charge is 0.491 e. The number of fused-ring (bicyclic) bond motifs is 1. The van der Waals surface area contributed by atoms with E-state index in [-0.39, 0.29) is 18.3 Å². The van der Waals surface area contributed by atoms with E-state index in [1.54, 1.807) is 12.1 Å². The fourth-order valence-corrected chi connectivity index (χ4v) is 4.24. The van der Waals surface area contributed by atoms with Crippen LogP contribution in [0.3, 0.4) is 0 Å². The Bertz CT molecular complexity index is 850. The Balaban J connectivity index is 1.63. The summed E-state index contributed by atoms with van der Waals surface area (Å²) < 4.78 is 19.3. The number of nitrogens with zero attached hydrogens (tertiary/aromatic N) is 2. The van der Waals surface area contributed by atoms with Crippen LogP contribution in [0.1, 0.15) is 42.0 Å². The number of aliphatic hydroxyl groups is 1. The maximum Gasteiger partial charge on any atom is 0.244 e. The molecule has 1 saturated heterocycles. The van der Waals surface area contributed by atoms with Gasteiger partial charge >= 0.3 is 0 Å². The van der Waals surface area contributed by atoms with Crippen molar-refractivity contribution in [3.8, 4) is 5.75 Å². The van der Waals surface area contributed by atoms with Gasteiger partial charge in [0.1, 0.15) is 24.2 Å². The van der Waals surface area contributed by atoms with E-state index in [1.165, 1.54) is 18.6 Å². The van der Waals surface area contributed by atoms with Crippen molar-refractivity contribution in [2.75, 3.05) is 26.2 Å². The van der Waals surface area contributed by atoms with Crippen molar-refractivity contribution in [3.63, 3.8) is 0 Å². The van der Waals surface area contributed by atoms with Gasteiger partial charge < -0.3 is 14.7 Å². The molecule has 2 aliphatic heterocycles. The zero-order valence-corrected chi connectivity index (χ0v) is 16.5. The third kappa shape index (κ3) is 4.43. The molecular weight excluding hydrogens is 371 g/mol. The summed E-state index contributed by atoms with van der Waals surface area (Å²) in [5, 5.41) is 9.46. The molecule has 0 radical (unpaired) electrons. The number of benzene rings is 2. The molecule has 2 aromatic carbocycles. The first-order chi connectivity index (χ1) is 14.2. The first-order valence-electron chi connectivity index (χ1n) is 10.3. The van der Waals surface area contributed by atoms with Crippen LogP contribution in [-0.4, -0.2) is 47.1 Å². The molecule has 0 aromatic heterocycles. The number of halogens is 1. The van der Waals surface area contributed by atoms with E-state index in [0.717, 1.165) is 48.4 Å². The smallest absolute Gasteiger partial charge is 0.244 e. The number of rotatable bonds is 4. The van der Waals surface area contributed by atoms with Crippen LogP contribution in [0, 0.1) is 5.82 Å². The average Bonchev–Trinajstić information content (AvgIpc) is 2.98. The molecular formula is C23H27FN2O3. The monoisotopic (exact) mass is 398 g/mol. The molecule has 0 saturated carbocycles. The van der Waals surface area contributed by atoms with Gasteiger partial charge in [-0.3, -0.25) is 9.69 Å². The Labute approximate surface area is 170 Å². The minimum atomic E-state index is -0.418. The quantitative estimate of drug-likeness (QED) is 0.859. The van der Waals surface area contributed by atoms with Crippen LogP contribution in [-0.2, 0) is 17.9 Å². The molecule has 1 N–H and O–H groups in total. The molecule has 0 aliphatic carbocycles. The molecule has 2 heterocycles. The lowest BCUT2D eigenvalue weighted by molar-refractivity contribution is -0.138. The van der Waals surface area contributed by atoms with Gasteiger partial charge in [0.15, 0.2) is 0 Å². The van der Waals surface area contributed by atoms with Crippen LogP contribution >= 0.6 is 0 Å². The number of carbonyl (C=O) groups excluding carboxylic acids is 1. The van der Waals surface area contributed by atoms with Gasteiger partial charge in [0, 0.05) is 12.1 Å². The third-order valence-corrected chi connectivity index (χ3v) is 5.77. The zero-order chi connectivity index (χ0) is 20.2. The first kappa shape index (κ1) is 19.9. The summed E-state index contributed by atoms with van der Waals surface area (Å²) in [6.07, 6.45) is 3.31. The third-order valence-electron chi connectivity index (χ3n) is 5.77. The van der Waals surface area contributed by atoms with E-state index in [0.29, 0.717) is 19.7 Å². The molecule has 6 heteroatoms. The molecule has 1 unspecified atom stereocenters. The fraction of sp³-hybridized carbons (Fsp3) is 0.435. The van der Waals surface area contributed by atoms with E-state index in [1.807, 2.05) is 23.1 Å². The highest BCUT2D eigenvalue weighted by Crippen LogP contribution is 2.30. The van der Waals surface area contributed by atoms with Gasteiger partial charge in [-0.15, -0.1) is 0 Å². The molecule has 0 bridgehead atoms. The van der Waals surface area contributed by atoms with Crippen molar-refractivity contribution in [2.24, 2.45) is 0 Å². The lowest BCUT2D eigenvalue weighted by Crippen LogP contribution is -2.45. The van der Waals surface area contributed by atoms with Crippen LogP contribution in [0.25, 0.3) is 0 Å². The van der Waals surface area contributed by atoms with E-state index < -0.39 is 6.04 Å². The molecule has 1 fully saturated rings. The summed E-state index contributed by atoms with van der Waals surface area (Å²) >= 11 is 0. The minimum absolute atomic E-state index is 0.0179. The van der Waals surface area contributed by atoms with E-state index in [4.69, 9.17) is 4.74 Å². The molecule has 4 rings (SSSR count). The van der Waals surface area contributed by atoms with E-state index in [9.17, 15) is 14.3 Å². The van der Waals surface area contributed by atoms with Crippen LogP contribution < -0.4 is 4.74 Å². The zero-order valence-electron chi connectivity index (χ0n) is 16.5. The maximum absolute atomic E-state index is 13.7. The topological polar surface area (TPSA) is 53.0 Å². The van der Waals surface area contributed by atoms with Crippen molar-refractivity contribution in [2.45, 2.75) is 38.5 Å². The second-order valence-electron chi connectivity index (χ2n) is 7.76. The normalized spacial score (nSPS) is 18.5. The highest BCUT2D eigenvalue weighted by Gasteiger charge is 2.33. The number of carbonyl (C=O) groups is 1. The molecule has 1 amide bonds. The number of hydrogen-bond acceptors (Lipinski definition) is 4. The van der Waals surface area contributed by atoms with Crippen molar-refractivity contribution < 1.29 is 19.0 Å². The van der Waals surface area contributed by atoms with Crippen molar-refractivity contribution in [1.82, 2.24) is 9.80 Å². The van der Waals surface area contributed by atoms with Gasteiger partial charge in [0.05, 0.1) is 13.2 Å². The first-order valence-corrected chi connectivity index (χ1v) is 10.3. The Hall–Kier alpha value is -2.44. The van der Waals surface area contributed by atoms with Gasteiger partial charge in [-0.2, -0.15) is 0 Å². The van der Waals surface area contributed by atoms with E-state index in [2.05, 4.69) is 4.90 Å². The summed E-state index contributed by atoms with van der Waals surface area (Å²) in [6.45, 7) is 3.04. The van der Waals surface area contributed by atoms with Gasteiger partial charge in [0.25, 0.3) is 0 Å². The minimum Gasteiger partial charge on any atom is -0.491 e. The molecule has 1 atom stereocenters. The molecule has 0 spiro atoms. The lowest BCUT2D eigenvalue weighted by Gasteiger charge is -2.36. The van der Waals surface area contributed by atoms with Crippen LogP contribution in [0.15, 0.2) is 42.5 Å². The summed E-state index contributed by atoms with van der Waals surface area (Å²) in [4.78, 5) is 17.7. The average molecular weight is 398 g/mol. The number of aliphatic hydroxyl groups excluding tert-OH is 1. The van der Waals surface area contributed by atoms with Gasteiger partial charge in [-0.25, -0.2) is 4.39 Å². The highest BCUT2D eigenvalue weighted by atomic mass is 19.1. The van der Waals surface area contributed by atoms with Gasteiger partial charge in [-0.05, 0) is 61.3 Å². The summed E-state index contributed by atoms with van der Waals surface area (Å²) in [5.41, 5.74) is 2.53. The summed E-state index contributed by atoms with van der Waals surface area (Å²) in [5.74, 6) is 0.477. The number of amides is 1. The highest BCUT2D eigenvalue weighted by molar-refractivity contribution is 5.83. The predicted octanol–water partition coefficient (Wildman–Crippen LogP) is 3.27. The molecule has 2 aliphatic rings. The van der Waals surface area contributed by atoms with Crippen molar-refractivity contribution in [3.05, 3.63) is 65.0 Å². The summed E-state index contributed by atoms with van der Waals surface area (Å²) in [7, 11) is 0. The summed E-state index contributed by atoms with van der Waals surface area (Å²) in [6, 6.07) is 11.5. The number of ether oxygens (including phenoxy) is 1. The Kier molecular flexibility index (Phi) is 6.11. The number of likely N-dealkylation sites (tertiary alicyclic amines) is 1. The number of hydrogen-bond donors (Lipinski definition) is 1. The molecule has 5 nitrogen and oxygen atoms in total. The second-order valence-corrected chi connectivity index (χ2v) is 7.76. The van der Waals surface area contributed by atoms with Crippen LogP contribution in [0.4, 0.5) is 4.39 Å². The van der Waals surface area contributed by atoms with Crippen LogP contribution in [0.5, 0.6) is 5.75 Å². The predicted molar refractivity (Wildman–Crippen MR) is 108 cm³/mol. The van der Waals surface area contributed by atoms with Crippen molar-refractivity contribution >= 4 is 5.91 Å². The standard InChI is InChI=1S/C23H27FN2O3/c24-20-7-5-18(6-8-20)22(25-10-2-1-3-11-25)23(28)26-12-13-29-21-9-4-17(16-27)14-19(21)15-26/h4-9,14,22,27H,1-3,10-13,15-16H2. The maximum atomic E-state index is 13.7. The van der Waals surface area contributed by atoms with Gasteiger partial charge in [0.2, 0.25) is 5.91 Å². The SMILES string of the molecule is O=C(C(c1ccc(F)cc1)N1CCCCC1)N1CCOc2ccc(CO)cc2C1. The Morgan fingerprint density at radius 3 is 2.55 bits per heavy atom. The second kappa shape index (κ2) is 8.93. The van der Waals surface area contributed by atoms with Gasteiger partial charge in [-0.1, -0.05) is 24.6 Å². The number of piperidine rings is 1. The lowest BCUT2D eigenvalue weighted by atomic mass is 10.00. The van der Waals surface area contributed by atoms with Crippen LogP contribution in [0.2, 0.25) is 0 Å². The molecule has 2 aromatic rings. The molecule has 154 valence electrons. The fourth-order valence-electron chi connectivity index (χ4n) is 4.24. The van der Waals surface area contributed by atoms with Crippen molar-refractivity contribution in [1.29, 1.82) is 0 Å². The van der Waals surface area contributed by atoms with E-state index >= 15 is 0 Å². The Morgan fingerprint density at radius 2 is 1.83 bits per heavy atom. The molecule has 29 heavy (non-hydrogen) atoms.